The van der Waals surface area contributed by atoms with Crippen molar-refractivity contribution in [2.75, 3.05) is 27.2 Å². The number of piperidine rings is 1. The maximum atomic E-state index is 5.45. The van der Waals surface area contributed by atoms with Crippen LogP contribution in [0.2, 0.25) is 0 Å². The second kappa shape index (κ2) is 15.8. The molecule has 1 saturated heterocycles. The predicted molar refractivity (Wildman–Crippen MR) is 152 cm³/mol. The third-order valence-corrected chi connectivity index (χ3v) is 5.59. The Bertz CT molecular complexity index is 1250. The summed E-state index contributed by atoms with van der Waals surface area (Å²) in [5.41, 5.74) is 11.7. The lowest BCUT2D eigenvalue weighted by molar-refractivity contribution is 0.343. The summed E-state index contributed by atoms with van der Waals surface area (Å²) in [6.45, 7) is 9.87. The number of pyridine rings is 2. The monoisotopic (exact) mass is 497 g/mol. The van der Waals surface area contributed by atoms with Crippen molar-refractivity contribution in [3.05, 3.63) is 77.9 Å². The zero-order valence-electron chi connectivity index (χ0n) is 22.9. The predicted octanol–water partition coefficient (Wildman–Crippen LogP) is 4.31. The lowest BCUT2D eigenvalue weighted by Crippen LogP contribution is -2.29. The van der Waals surface area contributed by atoms with Gasteiger partial charge in [0.1, 0.15) is 5.70 Å². The summed E-state index contributed by atoms with van der Waals surface area (Å²) >= 11 is 0. The first-order chi connectivity index (χ1) is 17.9. The van der Waals surface area contributed by atoms with Crippen molar-refractivity contribution < 1.29 is 0 Å². The van der Waals surface area contributed by atoms with E-state index in [-0.39, 0.29) is 0 Å². The zero-order valence-corrected chi connectivity index (χ0v) is 22.9. The molecule has 3 N–H and O–H groups in total. The summed E-state index contributed by atoms with van der Waals surface area (Å²) in [4.78, 5) is 10.2. The normalized spacial score (nSPS) is 12.9. The highest BCUT2D eigenvalue weighted by Gasteiger charge is 2.16. The van der Waals surface area contributed by atoms with E-state index < -0.39 is 0 Å². The molecule has 3 aromatic heterocycles. The van der Waals surface area contributed by atoms with Gasteiger partial charge in [0.15, 0.2) is 0 Å². The number of aryl methyl sites for hydroxylation is 2. The van der Waals surface area contributed by atoms with Crippen LogP contribution in [0.25, 0.3) is 11.1 Å². The molecule has 3 aromatic rings. The van der Waals surface area contributed by atoms with Gasteiger partial charge in [0.2, 0.25) is 0 Å². The molecule has 4 rings (SSSR count). The van der Waals surface area contributed by atoms with E-state index in [9.17, 15) is 0 Å². The van der Waals surface area contributed by atoms with Crippen LogP contribution in [0, 0.1) is 37.5 Å². The number of rotatable bonds is 3. The lowest BCUT2D eigenvalue weighted by Gasteiger charge is -2.22. The molecule has 0 radical (unpaired) electrons. The molecular formula is C30H39N7. The number of nitrogens with one attached hydrogen (secondary N) is 1. The highest BCUT2D eigenvalue weighted by Crippen LogP contribution is 2.23. The molecule has 0 amide bonds. The summed E-state index contributed by atoms with van der Waals surface area (Å²) in [6, 6.07) is 4.68. The van der Waals surface area contributed by atoms with Gasteiger partial charge < -0.3 is 16.0 Å². The SMILES string of the molecule is CC#CC.Cc1cncc(-c2cnn(C3CCNCC3)c2)c1.Cc1cncc(C#C/C(=C/N)N(C)C)c1. The fraction of sp³-hybridized carbons (Fsp3) is 0.367. The summed E-state index contributed by atoms with van der Waals surface area (Å²) in [5, 5.41) is 7.89. The molecule has 194 valence electrons. The van der Waals surface area contributed by atoms with Crippen LogP contribution in [-0.2, 0) is 0 Å². The quantitative estimate of drug-likeness (QED) is 0.525. The number of nitrogens with two attached hydrogens (primary N) is 1. The average Bonchev–Trinajstić information content (AvgIpc) is 3.41. The Morgan fingerprint density at radius 3 is 2.19 bits per heavy atom. The summed E-state index contributed by atoms with van der Waals surface area (Å²) in [6.07, 6.45) is 15.2. The number of nitrogens with zero attached hydrogens (tertiary/aromatic N) is 5. The molecule has 0 atom stereocenters. The first-order valence-corrected chi connectivity index (χ1v) is 12.4. The first kappa shape index (κ1) is 29.2. The summed E-state index contributed by atoms with van der Waals surface area (Å²) < 4.78 is 2.11. The van der Waals surface area contributed by atoms with Gasteiger partial charge in [-0.15, -0.1) is 11.8 Å². The Balaban J connectivity index is 0.000000231. The van der Waals surface area contributed by atoms with Crippen LogP contribution in [0.15, 0.2) is 61.2 Å². The topological polar surface area (TPSA) is 84.9 Å². The van der Waals surface area contributed by atoms with Gasteiger partial charge in [0, 0.05) is 68.0 Å². The molecule has 7 nitrogen and oxygen atoms in total. The van der Waals surface area contributed by atoms with Gasteiger partial charge in [-0.1, -0.05) is 5.92 Å². The third-order valence-electron chi connectivity index (χ3n) is 5.59. The van der Waals surface area contributed by atoms with E-state index >= 15 is 0 Å². The van der Waals surface area contributed by atoms with Gasteiger partial charge in [-0.3, -0.25) is 14.6 Å². The molecule has 0 saturated carbocycles. The van der Waals surface area contributed by atoms with Crippen LogP contribution in [0.1, 0.15) is 49.4 Å². The molecule has 0 spiro atoms. The lowest BCUT2D eigenvalue weighted by atomic mass is 10.1. The van der Waals surface area contributed by atoms with Gasteiger partial charge in [0.05, 0.1) is 12.2 Å². The molecule has 0 aromatic carbocycles. The number of hydrogen-bond acceptors (Lipinski definition) is 6. The van der Waals surface area contributed by atoms with E-state index in [4.69, 9.17) is 5.73 Å². The molecule has 1 aliphatic rings. The number of allylic oxidation sites excluding steroid dienone is 1. The maximum Gasteiger partial charge on any atom is 0.103 e. The standard InChI is InChI=1S/C14H18N4.C12H15N3.C4H6/c1-11-6-12(8-16-7-11)13-9-17-18(10-13)14-2-4-15-5-3-14;1-10-6-11(9-14-8-10)4-5-12(7-13)15(2)3;1-3-4-2/h6-10,14-15H,2-5H2,1H3;6-9H,13H2,1-3H3;1-2H3/b;12-7-;. The molecule has 7 heteroatoms. The van der Waals surface area contributed by atoms with Gasteiger partial charge in [-0.25, -0.2) is 0 Å². The maximum absolute atomic E-state index is 5.45. The fourth-order valence-corrected chi connectivity index (χ4v) is 3.53. The second-order valence-corrected chi connectivity index (χ2v) is 8.89. The van der Waals surface area contributed by atoms with Crippen LogP contribution in [0.4, 0.5) is 0 Å². The Labute approximate surface area is 222 Å². The van der Waals surface area contributed by atoms with E-state index in [0.29, 0.717) is 6.04 Å². The smallest absolute Gasteiger partial charge is 0.103 e. The second-order valence-electron chi connectivity index (χ2n) is 8.89. The zero-order chi connectivity index (χ0) is 27.0. The molecule has 0 bridgehead atoms. The summed E-state index contributed by atoms with van der Waals surface area (Å²) in [5.74, 6) is 11.4. The minimum atomic E-state index is 0.540. The first-order valence-electron chi connectivity index (χ1n) is 12.4. The van der Waals surface area contributed by atoms with Gasteiger partial charge in [-0.05, 0) is 82.8 Å². The van der Waals surface area contributed by atoms with Crippen LogP contribution in [0.5, 0.6) is 0 Å². The Kier molecular flexibility index (Phi) is 12.5. The van der Waals surface area contributed by atoms with Crippen LogP contribution in [0.3, 0.4) is 0 Å². The van der Waals surface area contributed by atoms with E-state index in [1.54, 1.807) is 12.4 Å². The minimum absolute atomic E-state index is 0.540. The van der Waals surface area contributed by atoms with E-state index in [2.05, 4.69) is 67.9 Å². The van der Waals surface area contributed by atoms with Gasteiger partial charge in [0.25, 0.3) is 0 Å². The van der Waals surface area contributed by atoms with Crippen molar-refractivity contribution in [1.82, 2.24) is 30.0 Å². The van der Waals surface area contributed by atoms with E-state index in [0.717, 1.165) is 53.9 Å². The van der Waals surface area contributed by atoms with Crippen LogP contribution in [-0.4, -0.2) is 51.8 Å². The molecule has 0 aliphatic carbocycles. The minimum Gasteiger partial charge on any atom is -0.402 e. The molecular weight excluding hydrogens is 458 g/mol. The van der Waals surface area contributed by atoms with Gasteiger partial charge >= 0.3 is 0 Å². The van der Waals surface area contributed by atoms with Crippen molar-refractivity contribution in [1.29, 1.82) is 0 Å². The third kappa shape index (κ3) is 10.2. The van der Waals surface area contributed by atoms with Crippen LogP contribution < -0.4 is 11.1 Å². The van der Waals surface area contributed by atoms with Crippen molar-refractivity contribution in [2.45, 2.75) is 46.6 Å². The number of aromatic nitrogens is 4. The highest BCUT2D eigenvalue weighted by molar-refractivity contribution is 5.61. The fourth-order valence-electron chi connectivity index (χ4n) is 3.53. The van der Waals surface area contributed by atoms with Crippen LogP contribution >= 0.6 is 0 Å². The van der Waals surface area contributed by atoms with Crippen molar-refractivity contribution in [2.24, 2.45) is 5.73 Å². The molecule has 0 unspecified atom stereocenters. The van der Waals surface area contributed by atoms with Crippen molar-refractivity contribution >= 4 is 0 Å². The Hall–Kier alpha value is -4.07. The molecule has 37 heavy (non-hydrogen) atoms. The van der Waals surface area contributed by atoms with E-state index in [1.807, 2.05) is 64.4 Å². The molecule has 1 fully saturated rings. The van der Waals surface area contributed by atoms with Crippen molar-refractivity contribution in [3.8, 4) is 34.8 Å². The number of hydrogen-bond donors (Lipinski definition) is 2. The molecule has 1 aliphatic heterocycles. The Morgan fingerprint density at radius 1 is 0.973 bits per heavy atom. The molecule has 4 heterocycles. The van der Waals surface area contributed by atoms with Crippen molar-refractivity contribution in [3.63, 3.8) is 0 Å². The highest BCUT2D eigenvalue weighted by atomic mass is 15.3. The largest absolute Gasteiger partial charge is 0.402 e. The van der Waals surface area contributed by atoms with E-state index in [1.165, 1.54) is 11.8 Å². The Morgan fingerprint density at radius 2 is 1.62 bits per heavy atom. The average molecular weight is 498 g/mol. The van der Waals surface area contributed by atoms with Gasteiger partial charge in [-0.2, -0.15) is 5.10 Å². The summed E-state index contributed by atoms with van der Waals surface area (Å²) in [7, 11) is 3.81.